The maximum Gasteiger partial charge on any atom is 0.354 e. The second-order valence-corrected chi connectivity index (χ2v) is 10.3. The second-order valence-electron chi connectivity index (χ2n) is 10.3. The minimum atomic E-state index is -0.411. The molecule has 5 rings (SSSR count). The Labute approximate surface area is 229 Å². The summed E-state index contributed by atoms with van der Waals surface area (Å²) in [6.07, 6.45) is 3.42. The molecule has 2 aromatic heterocycles. The van der Waals surface area contributed by atoms with E-state index in [-0.39, 0.29) is 5.91 Å². The number of likely N-dealkylation sites (N-methyl/N-ethyl adjacent to an activating group) is 1. The predicted molar refractivity (Wildman–Crippen MR) is 153 cm³/mol. The van der Waals surface area contributed by atoms with Crippen molar-refractivity contribution in [2.75, 3.05) is 45.7 Å². The molecule has 1 fully saturated rings. The molecule has 1 aliphatic heterocycles. The number of anilines is 1. The number of hydrogen-bond donors (Lipinski definition) is 2. The number of aromatic amines is 1. The van der Waals surface area contributed by atoms with Crippen molar-refractivity contribution >= 4 is 28.6 Å². The summed E-state index contributed by atoms with van der Waals surface area (Å²) in [5.41, 5.74) is 7.12. The molecule has 0 aliphatic carbocycles. The first-order valence-corrected chi connectivity index (χ1v) is 13.3. The molecule has 0 spiro atoms. The number of aryl methyl sites for hydroxylation is 3. The molecule has 0 atom stereocenters. The summed E-state index contributed by atoms with van der Waals surface area (Å²) in [6, 6.07) is 17.8. The van der Waals surface area contributed by atoms with Crippen LogP contribution in [0.25, 0.3) is 11.0 Å². The van der Waals surface area contributed by atoms with Crippen LogP contribution in [0.1, 0.15) is 43.1 Å². The number of amides is 1. The zero-order valence-electron chi connectivity index (χ0n) is 22.8. The van der Waals surface area contributed by atoms with Gasteiger partial charge in [-0.15, -0.1) is 0 Å². The van der Waals surface area contributed by atoms with Crippen LogP contribution in [0, 0.1) is 6.92 Å². The topological polar surface area (TPSA) is 90.6 Å². The summed E-state index contributed by atoms with van der Waals surface area (Å²) in [5.74, 6) is -0.523. The number of aromatic nitrogens is 2. The number of ether oxygens (including phenoxy) is 1. The van der Waals surface area contributed by atoms with Crippen molar-refractivity contribution in [3.05, 3.63) is 94.3 Å². The van der Waals surface area contributed by atoms with E-state index in [1.807, 2.05) is 42.6 Å². The normalized spacial score (nSPS) is 14.4. The van der Waals surface area contributed by atoms with E-state index in [1.165, 1.54) is 23.8 Å². The number of methoxy groups -OCH3 is 1. The van der Waals surface area contributed by atoms with Crippen molar-refractivity contribution in [1.29, 1.82) is 0 Å². The first-order chi connectivity index (χ1) is 18.9. The van der Waals surface area contributed by atoms with Crippen LogP contribution in [0.4, 0.5) is 5.69 Å². The fourth-order valence-corrected chi connectivity index (χ4v) is 4.94. The van der Waals surface area contributed by atoms with E-state index >= 15 is 0 Å². The molecule has 2 N–H and O–H groups in total. The molecule has 39 heavy (non-hydrogen) atoms. The molecular weight excluding hydrogens is 490 g/mol. The Morgan fingerprint density at radius 3 is 2.49 bits per heavy atom. The lowest BCUT2D eigenvalue weighted by atomic mass is 10.00. The number of esters is 1. The van der Waals surface area contributed by atoms with Gasteiger partial charge in [-0.3, -0.25) is 9.69 Å². The quantitative estimate of drug-likeness (QED) is 0.331. The maximum absolute atomic E-state index is 13.0. The molecule has 2 aromatic carbocycles. The van der Waals surface area contributed by atoms with E-state index in [0.29, 0.717) is 16.9 Å². The highest BCUT2D eigenvalue weighted by atomic mass is 16.5. The molecule has 8 heteroatoms. The SMILES string of the molecule is COC(=O)c1cc2cc(CCc3cc(NC(=O)c4ccc(CN5CCN(C)CC5)cc4)ccc3C)cnc2[nH]1. The van der Waals surface area contributed by atoms with E-state index in [4.69, 9.17) is 4.74 Å². The number of nitrogens with zero attached hydrogens (tertiary/aromatic N) is 3. The summed E-state index contributed by atoms with van der Waals surface area (Å²) in [6.45, 7) is 7.32. The fraction of sp³-hybridized carbons (Fsp3) is 0.323. The van der Waals surface area contributed by atoms with Crippen molar-refractivity contribution in [2.45, 2.75) is 26.3 Å². The average molecular weight is 526 g/mol. The highest BCUT2D eigenvalue weighted by molar-refractivity contribution is 6.04. The molecule has 0 saturated carbocycles. The third-order valence-electron chi connectivity index (χ3n) is 7.44. The number of carbonyl (C=O) groups is 2. The molecule has 0 radical (unpaired) electrons. The third-order valence-corrected chi connectivity index (χ3v) is 7.44. The first kappa shape index (κ1) is 26.6. The molecule has 1 aliphatic rings. The van der Waals surface area contributed by atoms with Gasteiger partial charge in [0.05, 0.1) is 7.11 Å². The third kappa shape index (κ3) is 6.53. The van der Waals surface area contributed by atoms with Crippen molar-refractivity contribution < 1.29 is 14.3 Å². The number of carbonyl (C=O) groups excluding carboxylic acids is 2. The molecule has 0 unspecified atom stereocenters. The highest BCUT2D eigenvalue weighted by Crippen LogP contribution is 2.21. The standard InChI is InChI=1S/C31H35N5O3/c1-21-4-11-27(33-30(37)24-8-5-22(6-9-24)20-36-14-12-35(2)13-15-36)17-25(21)10-7-23-16-26-18-28(31(38)39-3)34-29(26)32-19-23/h4-6,8-9,11,16-19H,7,10,12-15,20H2,1-3H3,(H,32,34)(H,33,37). The van der Waals surface area contributed by atoms with Gasteiger partial charge in [0.1, 0.15) is 11.3 Å². The van der Waals surface area contributed by atoms with E-state index in [1.54, 1.807) is 6.07 Å². The summed E-state index contributed by atoms with van der Waals surface area (Å²) < 4.78 is 4.79. The van der Waals surface area contributed by atoms with Crippen LogP contribution in [0.2, 0.25) is 0 Å². The van der Waals surface area contributed by atoms with Crippen LogP contribution in [0.5, 0.6) is 0 Å². The Bertz CT molecular complexity index is 1470. The summed E-state index contributed by atoms with van der Waals surface area (Å²) >= 11 is 0. The van der Waals surface area contributed by atoms with Crippen LogP contribution >= 0.6 is 0 Å². The van der Waals surface area contributed by atoms with Gasteiger partial charge in [-0.2, -0.15) is 0 Å². The Kier molecular flexibility index (Phi) is 8.05. The van der Waals surface area contributed by atoms with Gasteiger partial charge in [-0.1, -0.05) is 18.2 Å². The smallest absolute Gasteiger partial charge is 0.354 e. The van der Waals surface area contributed by atoms with Crippen LogP contribution in [-0.2, 0) is 24.1 Å². The Hall–Kier alpha value is -4.01. The number of nitrogens with one attached hydrogen (secondary N) is 2. The lowest BCUT2D eigenvalue weighted by Crippen LogP contribution is -2.43. The Morgan fingerprint density at radius 1 is 0.974 bits per heavy atom. The van der Waals surface area contributed by atoms with Gasteiger partial charge in [0, 0.05) is 55.6 Å². The summed E-state index contributed by atoms with van der Waals surface area (Å²) in [5, 5.41) is 3.93. The molecular formula is C31H35N5O3. The highest BCUT2D eigenvalue weighted by Gasteiger charge is 2.15. The molecule has 202 valence electrons. The number of piperazine rings is 1. The van der Waals surface area contributed by atoms with Crippen molar-refractivity contribution in [3.8, 4) is 0 Å². The molecule has 1 amide bonds. The van der Waals surface area contributed by atoms with Gasteiger partial charge in [-0.05, 0) is 85.5 Å². The number of H-pyrrole nitrogens is 1. The predicted octanol–water partition coefficient (Wildman–Crippen LogP) is 4.44. The molecule has 8 nitrogen and oxygen atoms in total. The van der Waals surface area contributed by atoms with Gasteiger partial charge in [-0.25, -0.2) is 9.78 Å². The second kappa shape index (κ2) is 11.8. The number of hydrogen-bond acceptors (Lipinski definition) is 6. The number of pyridine rings is 1. The van der Waals surface area contributed by atoms with E-state index in [2.05, 4.69) is 51.2 Å². The van der Waals surface area contributed by atoms with E-state index in [9.17, 15) is 9.59 Å². The maximum atomic E-state index is 13.0. The minimum absolute atomic E-state index is 0.112. The lowest BCUT2D eigenvalue weighted by Gasteiger charge is -2.32. The van der Waals surface area contributed by atoms with Crippen LogP contribution in [-0.4, -0.2) is 72.0 Å². The monoisotopic (exact) mass is 525 g/mol. The average Bonchev–Trinajstić information content (AvgIpc) is 3.38. The minimum Gasteiger partial charge on any atom is -0.464 e. The van der Waals surface area contributed by atoms with Crippen LogP contribution in [0.15, 0.2) is 60.8 Å². The van der Waals surface area contributed by atoms with Crippen LogP contribution in [0.3, 0.4) is 0 Å². The van der Waals surface area contributed by atoms with Gasteiger partial charge >= 0.3 is 5.97 Å². The van der Waals surface area contributed by atoms with Gasteiger partial charge < -0.3 is 19.9 Å². The Balaban J connectivity index is 1.19. The number of fused-ring (bicyclic) bond motifs is 1. The largest absolute Gasteiger partial charge is 0.464 e. The molecule has 3 heterocycles. The first-order valence-electron chi connectivity index (χ1n) is 13.3. The van der Waals surface area contributed by atoms with Crippen molar-refractivity contribution in [3.63, 3.8) is 0 Å². The van der Waals surface area contributed by atoms with Gasteiger partial charge in [0.25, 0.3) is 5.91 Å². The van der Waals surface area contributed by atoms with Crippen molar-refractivity contribution in [1.82, 2.24) is 19.8 Å². The summed E-state index contributed by atoms with van der Waals surface area (Å²) in [4.78, 5) is 37.0. The molecule has 0 bridgehead atoms. The van der Waals surface area contributed by atoms with Crippen LogP contribution < -0.4 is 5.32 Å². The van der Waals surface area contributed by atoms with Gasteiger partial charge in [0.15, 0.2) is 0 Å². The molecule has 4 aromatic rings. The lowest BCUT2D eigenvalue weighted by molar-refractivity contribution is 0.0595. The number of rotatable bonds is 8. The zero-order chi connectivity index (χ0) is 27.4. The molecule has 1 saturated heterocycles. The van der Waals surface area contributed by atoms with E-state index in [0.717, 1.165) is 62.2 Å². The summed E-state index contributed by atoms with van der Waals surface area (Å²) in [7, 11) is 3.52. The number of benzene rings is 2. The van der Waals surface area contributed by atoms with E-state index < -0.39 is 5.97 Å². The Morgan fingerprint density at radius 2 is 1.74 bits per heavy atom. The van der Waals surface area contributed by atoms with Gasteiger partial charge in [0.2, 0.25) is 0 Å². The van der Waals surface area contributed by atoms with Crippen molar-refractivity contribution in [2.24, 2.45) is 0 Å². The fourth-order valence-electron chi connectivity index (χ4n) is 4.94. The zero-order valence-corrected chi connectivity index (χ0v) is 22.8.